The minimum Gasteiger partial charge on any atom is -0.390 e. The molecule has 3 aliphatic rings. The first-order chi connectivity index (χ1) is 32.9. The number of phosphoric acid groups is 3. The molecule has 372 valence electrons. The Hall–Kier alpha value is -5.60. The maximum atomic E-state index is 14.2. The summed E-state index contributed by atoms with van der Waals surface area (Å²) in [5.41, 5.74) is 9.64. The molecule has 9 N–H and O–H groups in total. The van der Waals surface area contributed by atoms with E-state index < -0.39 is 54.1 Å². The van der Waals surface area contributed by atoms with Gasteiger partial charge in [0.05, 0.1) is 30.2 Å². The fraction of sp³-hybridized carbons (Fsp3) is 0.326. The van der Waals surface area contributed by atoms with E-state index in [0.29, 0.717) is 12.0 Å². The maximum Gasteiger partial charge on any atom is 0.490 e. The van der Waals surface area contributed by atoms with Gasteiger partial charge in [0.1, 0.15) is 26.4 Å². The van der Waals surface area contributed by atoms with Crippen molar-refractivity contribution in [1.29, 1.82) is 0 Å². The van der Waals surface area contributed by atoms with E-state index in [0.717, 1.165) is 42.7 Å². The molecule has 1 aliphatic carbocycles. The first kappa shape index (κ1) is 52.2. The Morgan fingerprint density at radius 2 is 1.77 bits per heavy atom. The van der Waals surface area contributed by atoms with Crippen molar-refractivity contribution in [3.63, 3.8) is 0 Å². The molecule has 0 bridgehead atoms. The summed E-state index contributed by atoms with van der Waals surface area (Å²) in [7, 11) is -7.24. The van der Waals surface area contributed by atoms with E-state index in [1.165, 1.54) is 10.8 Å². The number of aliphatic hydroxyl groups excluding tert-OH is 1. The molecule has 2 unspecified atom stereocenters. The lowest BCUT2D eigenvalue weighted by molar-refractivity contribution is -0.121. The number of hydrogen-bond donors (Lipinski definition) is 8. The molecule has 2 aliphatic heterocycles. The van der Waals surface area contributed by atoms with Crippen LogP contribution in [0.2, 0.25) is 0 Å². The van der Waals surface area contributed by atoms with Gasteiger partial charge in [-0.2, -0.15) is 13.6 Å². The number of ether oxygens (including phenoxy) is 1. The van der Waals surface area contributed by atoms with Gasteiger partial charge in [-0.15, -0.1) is 11.3 Å². The molecule has 0 saturated carbocycles. The van der Waals surface area contributed by atoms with E-state index in [1.54, 1.807) is 23.3 Å². The number of fused-ring (bicyclic) bond motifs is 3. The highest BCUT2D eigenvalue weighted by Crippen LogP contribution is 2.66. The first-order valence-electron chi connectivity index (χ1n) is 21.2. The lowest BCUT2D eigenvalue weighted by Crippen LogP contribution is -2.30. The van der Waals surface area contributed by atoms with Crippen LogP contribution in [0.5, 0.6) is 0 Å². The fourth-order valence-electron chi connectivity index (χ4n) is 7.75. The third-order valence-corrected chi connectivity index (χ3v) is 15.9. The molecule has 1 saturated heterocycles. The molecule has 70 heavy (non-hydrogen) atoms. The number of anilines is 2. The topological polar surface area (TPSA) is 322 Å². The summed E-state index contributed by atoms with van der Waals surface area (Å²) in [6, 6.07) is 20.2. The summed E-state index contributed by atoms with van der Waals surface area (Å²) in [5, 5.41) is 15.5. The van der Waals surface area contributed by atoms with Crippen molar-refractivity contribution in [1.82, 2.24) is 29.3 Å². The fourth-order valence-corrected chi connectivity index (χ4v) is 11.9. The number of aromatic nitrogens is 3. The predicted molar refractivity (Wildman–Crippen MR) is 261 cm³/mol. The van der Waals surface area contributed by atoms with Gasteiger partial charge in [-0.1, -0.05) is 36.1 Å². The van der Waals surface area contributed by atoms with Gasteiger partial charge < -0.3 is 54.8 Å². The average Bonchev–Trinajstić information content (AvgIpc) is 3.83. The van der Waals surface area contributed by atoms with Crippen molar-refractivity contribution in [3.8, 4) is 33.4 Å². The number of nitrogens with two attached hydrogens (primary N) is 1. The Balaban J connectivity index is 0.989. The highest BCUT2D eigenvalue weighted by Gasteiger charge is 2.43. The van der Waals surface area contributed by atoms with Crippen molar-refractivity contribution < 1.29 is 65.8 Å². The molecule has 1 fully saturated rings. The number of carbonyl (C=O) groups is 2. The van der Waals surface area contributed by atoms with E-state index >= 15 is 0 Å². The normalized spacial score (nSPS) is 17.7. The molecule has 23 nitrogen and oxygen atoms in total. The number of aliphatic hydroxyl groups is 1. The summed E-state index contributed by atoms with van der Waals surface area (Å²) in [4.78, 5) is 88.2. The predicted octanol–water partition coefficient (Wildman–Crippen LogP) is 3.40. The minimum absolute atomic E-state index is 0.00947. The third kappa shape index (κ3) is 12.3. The highest BCUT2D eigenvalue weighted by molar-refractivity contribution is 7.66. The molecular formula is C43H50N8O15P3S+. The number of amides is 2. The second-order valence-electron chi connectivity index (χ2n) is 16.5. The first-order valence-corrected chi connectivity index (χ1v) is 26.5. The van der Waals surface area contributed by atoms with Crippen molar-refractivity contribution in [2.75, 3.05) is 65.6 Å². The molecular weight excluding hydrogens is 994 g/mol. The highest BCUT2D eigenvalue weighted by atomic mass is 32.1. The van der Waals surface area contributed by atoms with Crippen LogP contribution in [0.4, 0.5) is 11.6 Å². The van der Waals surface area contributed by atoms with E-state index in [-0.39, 0.29) is 60.3 Å². The van der Waals surface area contributed by atoms with Gasteiger partial charge in [-0.3, -0.25) is 23.9 Å². The monoisotopic (exact) mass is 1040 g/mol. The molecule has 0 spiro atoms. The van der Waals surface area contributed by atoms with Crippen LogP contribution < -0.4 is 31.4 Å². The SMILES string of the molecule is CN(CCCC(=O)NCC#Cc1cn([C@H]2C[C@H](O)[C@@H](COP(=O)(O)OP(=O)(O)OP(=O)(O)O)O2)c2nc(N)[nH]c(=O)c12)C(=O)c1ccccc1-c1c2ccc(=[N+](C)C)cc-2sc2cc(N(C)C)ccc12. The average molecular weight is 1040 g/mol. The third-order valence-electron chi connectivity index (χ3n) is 11.0. The van der Waals surface area contributed by atoms with Gasteiger partial charge in [0.2, 0.25) is 17.2 Å². The summed E-state index contributed by atoms with van der Waals surface area (Å²) < 4.78 is 57.1. The van der Waals surface area contributed by atoms with Crippen molar-refractivity contribution in [2.45, 2.75) is 37.7 Å². The Kier molecular flexibility index (Phi) is 15.7. The standard InChI is InChI=1S/C43H49N8O15P3S/c1-48(2)26-14-16-30-34(20-26)70-35-21-27(49(3)4)15-17-31(35)39(30)28-11-6-7-12-29(28)42(55)50(5)19-9-13-36(53)45-18-8-10-25-23-51(40-38(25)41(54)47-43(44)46-40)37-22-32(52)33(64-37)24-63-68(59,60)66-69(61,62)65-67(56,57)58/h6-7,11-12,14-17,20-21,23,32-33,37,52H,9,13,18-19,22,24H2,1-5H3,(H7-,44,45,46,47,53,54,56,57,58,59,60,61,62)/p+1/t32-,33+,37+/m0/s1. The molecule has 0 radical (unpaired) electrons. The summed E-state index contributed by atoms with van der Waals surface area (Å²) in [6.45, 7) is -0.774. The molecule has 2 aromatic carbocycles. The lowest BCUT2D eigenvalue weighted by Gasteiger charge is -2.22. The number of phosphoric ester groups is 1. The van der Waals surface area contributed by atoms with Gasteiger partial charge in [-0.05, 0) is 41.8 Å². The van der Waals surface area contributed by atoms with Crippen LogP contribution in [0.1, 0.15) is 41.4 Å². The largest absolute Gasteiger partial charge is 0.490 e. The zero-order chi connectivity index (χ0) is 50.9. The van der Waals surface area contributed by atoms with Crippen LogP contribution in [-0.4, -0.2) is 123 Å². The Morgan fingerprint density at radius 3 is 2.49 bits per heavy atom. The number of carbonyl (C=O) groups excluding carboxylic acids is 2. The van der Waals surface area contributed by atoms with Crippen LogP contribution in [0.15, 0.2) is 71.7 Å². The van der Waals surface area contributed by atoms with E-state index in [2.05, 4.69) is 86.1 Å². The number of nitrogens with zero attached hydrogens (tertiary/aromatic N) is 5. The van der Waals surface area contributed by atoms with Crippen LogP contribution in [0.3, 0.4) is 0 Å². The smallest absolute Gasteiger partial charge is 0.390 e. The Bertz CT molecular complexity index is 3320. The van der Waals surface area contributed by atoms with Gasteiger partial charge in [0, 0.05) is 90.6 Å². The quantitative estimate of drug-likeness (QED) is 0.0298. The molecule has 7 rings (SSSR count). The van der Waals surface area contributed by atoms with Crippen LogP contribution in [-0.2, 0) is 36.4 Å². The van der Waals surface area contributed by atoms with Crippen molar-refractivity contribution >= 4 is 79.4 Å². The van der Waals surface area contributed by atoms with Gasteiger partial charge in [0.25, 0.3) is 11.5 Å². The minimum atomic E-state index is -5.78. The molecule has 5 atom stereocenters. The van der Waals surface area contributed by atoms with Crippen LogP contribution in [0.25, 0.3) is 42.7 Å². The molecule has 27 heteroatoms. The van der Waals surface area contributed by atoms with Crippen molar-refractivity contribution in [2.24, 2.45) is 0 Å². The number of aromatic amines is 1. The van der Waals surface area contributed by atoms with E-state index in [1.807, 2.05) is 52.5 Å². The van der Waals surface area contributed by atoms with Gasteiger partial charge >= 0.3 is 23.5 Å². The number of nitrogens with one attached hydrogen (secondary N) is 2. The molecule has 4 aromatic rings. The van der Waals surface area contributed by atoms with Gasteiger partial charge in [-0.25, -0.2) is 18.3 Å². The number of benzene rings is 3. The number of rotatable bonds is 16. The number of H-pyrrole nitrogens is 1. The van der Waals surface area contributed by atoms with E-state index in [4.69, 9.17) is 20.3 Å². The summed E-state index contributed by atoms with van der Waals surface area (Å²) >= 11 is 1.70. The Labute approximate surface area is 403 Å². The Morgan fingerprint density at radius 1 is 1.03 bits per heavy atom. The summed E-state index contributed by atoms with van der Waals surface area (Å²) in [6.07, 6.45) is -2.26. The number of hydrogen-bond acceptors (Lipinski definition) is 15. The number of nitrogen functional groups attached to an aromatic ring is 1. The van der Waals surface area contributed by atoms with Crippen molar-refractivity contribution in [3.05, 3.63) is 93.7 Å². The molecule has 2 aromatic heterocycles. The molecule has 4 heterocycles. The molecule has 2 amide bonds. The zero-order valence-corrected chi connectivity index (χ0v) is 41.7. The van der Waals surface area contributed by atoms with Gasteiger partial charge in [0.15, 0.2) is 5.65 Å². The van der Waals surface area contributed by atoms with E-state index in [9.17, 15) is 43.0 Å². The summed E-state index contributed by atoms with van der Waals surface area (Å²) in [5.74, 6) is 4.82. The van der Waals surface area contributed by atoms with Crippen LogP contribution in [0, 0.1) is 11.8 Å². The van der Waals surface area contributed by atoms with Crippen LogP contribution >= 0.6 is 34.8 Å². The maximum absolute atomic E-state index is 14.2. The lowest BCUT2D eigenvalue weighted by atomic mass is 9.91. The second kappa shape index (κ2) is 21.0. The second-order valence-corrected chi connectivity index (χ2v) is 22.0. The zero-order valence-electron chi connectivity index (χ0n) is 38.2.